The van der Waals surface area contributed by atoms with Crippen molar-refractivity contribution in [2.75, 3.05) is 0 Å². The Morgan fingerprint density at radius 2 is 1.39 bits per heavy atom. The molecule has 0 saturated carbocycles. The monoisotopic (exact) mass is 326 g/mol. The lowest BCUT2D eigenvalue weighted by atomic mass is 9.96. The fourth-order valence-corrected chi connectivity index (χ4v) is 2.59. The number of esters is 2. The van der Waals surface area contributed by atoms with Gasteiger partial charge in [-0.1, -0.05) is 29.8 Å². The first-order chi connectivity index (χ1) is 11.1. The second kappa shape index (κ2) is 5.03. The number of hydrogen-bond acceptors (Lipinski definition) is 6. The number of hydrogen-bond donors (Lipinski definition) is 0. The second-order valence-corrected chi connectivity index (χ2v) is 5.34. The van der Waals surface area contributed by atoms with Gasteiger partial charge in [0.25, 0.3) is 0 Å². The quantitative estimate of drug-likeness (QED) is 0.532. The fraction of sp³-hybridized carbons (Fsp3) is 0. The number of aromatic nitrogens is 2. The van der Waals surface area contributed by atoms with Crippen LogP contribution < -0.4 is 0 Å². The van der Waals surface area contributed by atoms with Crippen molar-refractivity contribution in [3.05, 3.63) is 58.6 Å². The van der Waals surface area contributed by atoms with Gasteiger partial charge in [0.1, 0.15) is 11.0 Å². The fourth-order valence-electron chi connectivity index (χ4n) is 2.47. The molecule has 1 aromatic heterocycles. The molecule has 1 aliphatic heterocycles. The molecule has 0 aliphatic carbocycles. The maximum atomic E-state index is 12.1. The molecule has 7 heteroatoms. The molecule has 0 atom stereocenters. The lowest BCUT2D eigenvalue weighted by Gasteiger charge is -2.03. The van der Waals surface area contributed by atoms with E-state index in [0.29, 0.717) is 27.2 Å². The molecule has 1 aliphatic rings. The number of halogens is 1. The molecule has 0 amide bonds. The first kappa shape index (κ1) is 13.7. The van der Waals surface area contributed by atoms with Crippen LogP contribution in [-0.4, -0.2) is 22.3 Å². The van der Waals surface area contributed by atoms with Crippen LogP contribution in [0.2, 0.25) is 5.02 Å². The third-order valence-corrected chi connectivity index (χ3v) is 3.77. The maximum absolute atomic E-state index is 12.1. The zero-order valence-electron chi connectivity index (χ0n) is 11.4. The minimum Gasteiger partial charge on any atom is -0.386 e. The summed E-state index contributed by atoms with van der Waals surface area (Å²) >= 11 is 5.86. The van der Waals surface area contributed by atoms with Crippen LogP contribution in [-0.2, 0) is 14.3 Å². The summed E-state index contributed by atoms with van der Waals surface area (Å²) in [6, 6.07) is 11.5. The lowest BCUT2D eigenvalue weighted by Crippen LogP contribution is -2.02. The third-order valence-electron chi connectivity index (χ3n) is 3.52. The van der Waals surface area contributed by atoms with E-state index in [1.807, 2.05) is 0 Å². The van der Waals surface area contributed by atoms with Crippen LogP contribution >= 0.6 is 11.6 Å². The summed E-state index contributed by atoms with van der Waals surface area (Å²) in [4.78, 5) is 24.2. The number of benzene rings is 2. The van der Waals surface area contributed by atoms with Crippen molar-refractivity contribution in [2.45, 2.75) is 0 Å². The Morgan fingerprint density at radius 1 is 0.783 bits per heavy atom. The van der Waals surface area contributed by atoms with Crippen LogP contribution in [0.3, 0.4) is 0 Å². The molecule has 0 spiro atoms. The van der Waals surface area contributed by atoms with Gasteiger partial charge < -0.3 is 4.74 Å². The van der Waals surface area contributed by atoms with Gasteiger partial charge in [0.2, 0.25) is 0 Å². The molecule has 0 saturated heterocycles. The van der Waals surface area contributed by atoms with E-state index in [-0.39, 0.29) is 11.1 Å². The Morgan fingerprint density at radius 3 is 2.13 bits per heavy atom. The highest BCUT2D eigenvalue weighted by molar-refractivity contribution is 6.45. The van der Waals surface area contributed by atoms with Crippen LogP contribution in [0, 0.1) is 0 Å². The van der Waals surface area contributed by atoms with E-state index in [1.54, 1.807) is 42.5 Å². The highest BCUT2D eigenvalue weighted by Crippen LogP contribution is 2.35. The predicted octanol–water partition coefficient (Wildman–Crippen LogP) is 2.87. The number of nitrogens with zero attached hydrogens (tertiary/aromatic N) is 2. The Hall–Kier alpha value is -2.99. The van der Waals surface area contributed by atoms with Gasteiger partial charge in [-0.15, -0.1) is 0 Å². The van der Waals surface area contributed by atoms with Gasteiger partial charge in [-0.05, 0) is 45.7 Å². The molecule has 0 radical (unpaired) electrons. The molecule has 23 heavy (non-hydrogen) atoms. The van der Waals surface area contributed by atoms with Gasteiger partial charge in [-0.3, -0.25) is 0 Å². The van der Waals surface area contributed by atoms with E-state index < -0.39 is 11.9 Å². The smallest absolute Gasteiger partial charge is 0.347 e. The summed E-state index contributed by atoms with van der Waals surface area (Å²) < 4.78 is 9.42. The standard InChI is InChI=1S/C16H7ClN2O4/c17-10-4-1-8(2-5-10)13-14(16(21)22-15(13)20)9-3-6-11-12(7-9)19-23-18-11/h1-7H. The van der Waals surface area contributed by atoms with Crippen molar-refractivity contribution in [3.8, 4) is 0 Å². The number of carbonyl (C=O) groups excluding carboxylic acids is 2. The van der Waals surface area contributed by atoms with Crippen LogP contribution in [0.25, 0.3) is 22.2 Å². The molecule has 0 fully saturated rings. The van der Waals surface area contributed by atoms with E-state index in [2.05, 4.69) is 14.9 Å². The van der Waals surface area contributed by atoms with Gasteiger partial charge in [0, 0.05) is 5.02 Å². The van der Waals surface area contributed by atoms with Gasteiger partial charge in [-0.25, -0.2) is 14.2 Å². The van der Waals surface area contributed by atoms with E-state index in [9.17, 15) is 9.59 Å². The Balaban J connectivity index is 1.95. The Kier molecular flexibility index (Phi) is 2.99. The molecular weight excluding hydrogens is 320 g/mol. The first-order valence-corrected chi connectivity index (χ1v) is 7.01. The number of carbonyl (C=O) groups is 2. The summed E-state index contributed by atoms with van der Waals surface area (Å²) in [6.07, 6.45) is 0. The molecule has 0 unspecified atom stereocenters. The van der Waals surface area contributed by atoms with Crippen molar-refractivity contribution in [1.82, 2.24) is 10.3 Å². The molecule has 3 aromatic rings. The van der Waals surface area contributed by atoms with E-state index >= 15 is 0 Å². The molecule has 2 aromatic carbocycles. The van der Waals surface area contributed by atoms with Crippen LogP contribution in [0.15, 0.2) is 47.1 Å². The summed E-state index contributed by atoms with van der Waals surface area (Å²) in [7, 11) is 0. The van der Waals surface area contributed by atoms with Crippen LogP contribution in [0.4, 0.5) is 0 Å². The molecule has 112 valence electrons. The van der Waals surface area contributed by atoms with E-state index in [1.165, 1.54) is 0 Å². The minimum atomic E-state index is -0.698. The van der Waals surface area contributed by atoms with Crippen molar-refractivity contribution in [1.29, 1.82) is 0 Å². The SMILES string of the molecule is O=C1OC(=O)C(c2ccc3nonc3c2)=C1c1ccc(Cl)cc1. The average Bonchev–Trinajstić information content (AvgIpc) is 3.11. The molecule has 0 N–H and O–H groups in total. The van der Waals surface area contributed by atoms with Crippen LogP contribution in [0.1, 0.15) is 11.1 Å². The summed E-state index contributed by atoms with van der Waals surface area (Å²) in [6.45, 7) is 0. The second-order valence-electron chi connectivity index (χ2n) is 4.90. The van der Waals surface area contributed by atoms with Gasteiger partial charge in [0.15, 0.2) is 0 Å². The van der Waals surface area contributed by atoms with Crippen molar-refractivity contribution in [2.24, 2.45) is 0 Å². The lowest BCUT2D eigenvalue weighted by molar-refractivity contribution is -0.149. The summed E-state index contributed by atoms with van der Waals surface area (Å²) in [5.41, 5.74) is 2.48. The van der Waals surface area contributed by atoms with Crippen molar-refractivity contribution in [3.63, 3.8) is 0 Å². The molecule has 2 heterocycles. The van der Waals surface area contributed by atoms with Gasteiger partial charge >= 0.3 is 11.9 Å². The Labute approximate surface area is 134 Å². The predicted molar refractivity (Wildman–Crippen MR) is 81.2 cm³/mol. The largest absolute Gasteiger partial charge is 0.386 e. The first-order valence-electron chi connectivity index (χ1n) is 6.63. The number of ether oxygens (including phenoxy) is 1. The molecule has 4 rings (SSSR count). The van der Waals surface area contributed by atoms with Crippen molar-refractivity contribution >= 4 is 45.7 Å². The number of fused-ring (bicyclic) bond motifs is 1. The normalized spacial score (nSPS) is 14.7. The summed E-state index contributed by atoms with van der Waals surface area (Å²) in [5.74, 6) is -1.39. The van der Waals surface area contributed by atoms with Crippen LogP contribution in [0.5, 0.6) is 0 Å². The minimum absolute atomic E-state index is 0.183. The molecule has 0 bridgehead atoms. The van der Waals surface area contributed by atoms with Gasteiger partial charge in [0.05, 0.1) is 11.1 Å². The van der Waals surface area contributed by atoms with E-state index in [0.717, 1.165) is 0 Å². The average molecular weight is 327 g/mol. The maximum Gasteiger partial charge on any atom is 0.347 e. The Bertz CT molecular complexity index is 989. The zero-order valence-corrected chi connectivity index (χ0v) is 12.2. The van der Waals surface area contributed by atoms with Gasteiger partial charge in [-0.2, -0.15) is 0 Å². The highest BCUT2D eigenvalue weighted by Gasteiger charge is 2.35. The highest BCUT2D eigenvalue weighted by atomic mass is 35.5. The summed E-state index contributed by atoms with van der Waals surface area (Å²) in [5, 5.41) is 7.98. The van der Waals surface area contributed by atoms with E-state index in [4.69, 9.17) is 16.3 Å². The topological polar surface area (TPSA) is 82.3 Å². The zero-order chi connectivity index (χ0) is 16.0. The number of rotatable bonds is 2. The number of cyclic esters (lactones) is 2. The molecule has 6 nitrogen and oxygen atoms in total. The third kappa shape index (κ3) is 2.20. The van der Waals surface area contributed by atoms with Crippen molar-refractivity contribution < 1.29 is 19.0 Å². The molecular formula is C16H7ClN2O4.